The Hall–Kier alpha value is -2.35. The van der Waals surface area contributed by atoms with Crippen LogP contribution in [0.25, 0.3) is 0 Å². The van der Waals surface area contributed by atoms with E-state index in [1.165, 1.54) is 18.2 Å². The monoisotopic (exact) mass is 425 g/mol. The van der Waals surface area contributed by atoms with E-state index < -0.39 is 11.8 Å². The Morgan fingerprint density at radius 3 is 2.56 bits per heavy atom. The van der Waals surface area contributed by atoms with Crippen molar-refractivity contribution in [1.82, 2.24) is 16.2 Å². The number of carbonyl (C=O) groups is 2. The minimum atomic E-state index is -0.532. The lowest BCUT2D eigenvalue weighted by molar-refractivity contribution is -0.123. The van der Waals surface area contributed by atoms with Gasteiger partial charge in [-0.3, -0.25) is 25.8 Å². The molecule has 0 saturated heterocycles. The molecular weight excluding hydrogens is 409 g/mol. The van der Waals surface area contributed by atoms with Gasteiger partial charge in [0.1, 0.15) is 5.75 Å². The summed E-state index contributed by atoms with van der Waals surface area (Å²) in [5.74, 6) is -0.370. The first kappa shape index (κ1) is 21.0. The third-order valence-corrected chi connectivity index (χ3v) is 4.38. The standard InChI is InChI=1S/C18H17Cl2N3O3S/c1-10-4-3-5-15(11(10)2)26-9-16(24)22-23-18(27)21-17(25)13-7-6-12(19)8-14(13)20/h3-8H,9H2,1-2H3,(H,22,24)(H2,21,23,25,27). The van der Waals surface area contributed by atoms with E-state index in [0.29, 0.717) is 10.8 Å². The van der Waals surface area contributed by atoms with E-state index in [1.807, 2.05) is 26.0 Å². The quantitative estimate of drug-likeness (QED) is 0.517. The molecule has 2 aromatic carbocycles. The van der Waals surface area contributed by atoms with Crippen LogP contribution in [0.15, 0.2) is 36.4 Å². The van der Waals surface area contributed by atoms with E-state index in [2.05, 4.69) is 16.2 Å². The highest BCUT2D eigenvalue weighted by Gasteiger charge is 2.13. The number of carbonyl (C=O) groups excluding carboxylic acids is 2. The molecule has 0 aliphatic carbocycles. The lowest BCUT2D eigenvalue weighted by Gasteiger charge is -2.13. The summed E-state index contributed by atoms with van der Waals surface area (Å²) in [6, 6.07) is 10.0. The minimum Gasteiger partial charge on any atom is -0.483 e. The highest BCUT2D eigenvalue weighted by Crippen LogP contribution is 2.21. The molecule has 142 valence electrons. The molecule has 0 aliphatic heterocycles. The number of nitrogens with one attached hydrogen (secondary N) is 3. The summed E-state index contributed by atoms with van der Waals surface area (Å²) in [6.45, 7) is 3.65. The van der Waals surface area contributed by atoms with Crippen molar-refractivity contribution in [3.05, 3.63) is 63.1 Å². The van der Waals surface area contributed by atoms with Crippen molar-refractivity contribution in [3.63, 3.8) is 0 Å². The SMILES string of the molecule is Cc1cccc(OCC(=O)NNC(=S)NC(=O)c2ccc(Cl)cc2Cl)c1C. The number of hydrogen-bond donors (Lipinski definition) is 3. The second-order valence-corrected chi connectivity index (χ2v) is 6.82. The Bertz CT molecular complexity index is 890. The van der Waals surface area contributed by atoms with Crippen LogP contribution in [0, 0.1) is 13.8 Å². The average molecular weight is 426 g/mol. The molecule has 0 atom stereocenters. The van der Waals surface area contributed by atoms with Crippen molar-refractivity contribution >= 4 is 52.3 Å². The van der Waals surface area contributed by atoms with Gasteiger partial charge in [-0.2, -0.15) is 0 Å². The van der Waals surface area contributed by atoms with Crippen LogP contribution >= 0.6 is 35.4 Å². The average Bonchev–Trinajstić information content (AvgIpc) is 2.61. The number of halogens is 2. The van der Waals surface area contributed by atoms with E-state index in [-0.39, 0.29) is 22.3 Å². The van der Waals surface area contributed by atoms with Gasteiger partial charge in [-0.1, -0.05) is 35.3 Å². The van der Waals surface area contributed by atoms with Crippen molar-refractivity contribution in [2.75, 3.05) is 6.61 Å². The van der Waals surface area contributed by atoms with Crippen LogP contribution in [0.4, 0.5) is 0 Å². The molecule has 9 heteroatoms. The van der Waals surface area contributed by atoms with Gasteiger partial charge in [-0.15, -0.1) is 0 Å². The molecular formula is C18H17Cl2N3O3S. The first-order chi connectivity index (χ1) is 12.8. The van der Waals surface area contributed by atoms with Gasteiger partial charge in [0.15, 0.2) is 11.7 Å². The Morgan fingerprint density at radius 2 is 1.85 bits per heavy atom. The third-order valence-electron chi connectivity index (χ3n) is 3.63. The topological polar surface area (TPSA) is 79.5 Å². The lowest BCUT2D eigenvalue weighted by atomic mass is 10.1. The van der Waals surface area contributed by atoms with E-state index in [1.54, 1.807) is 6.07 Å². The summed E-state index contributed by atoms with van der Waals surface area (Å²) in [7, 11) is 0. The minimum absolute atomic E-state index is 0.0916. The zero-order valence-electron chi connectivity index (χ0n) is 14.6. The highest BCUT2D eigenvalue weighted by molar-refractivity contribution is 7.80. The molecule has 0 aliphatic rings. The predicted molar refractivity (Wildman–Crippen MR) is 109 cm³/mol. The maximum absolute atomic E-state index is 12.1. The van der Waals surface area contributed by atoms with Crippen LogP contribution in [0.1, 0.15) is 21.5 Å². The van der Waals surface area contributed by atoms with Crippen LogP contribution in [-0.4, -0.2) is 23.5 Å². The first-order valence-corrected chi connectivity index (χ1v) is 8.98. The molecule has 0 unspecified atom stereocenters. The largest absolute Gasteiger partial charge is 0.483 e. The highest BCUT2D eigenvalue weighted by atomic mass is 35.5. The molecule has 0 aromatic heterocycles. The van der Waals surface area contributed by atoms with Crippen LogP contribution in [-0.2, 0) is 4.79 Å². The molecule has 0 fully saturated rings. The Labute approximate surface area is 172 Å². The van der Waals surface area contributed by atoms with Gasteiger partial charge in [0.25, 0.3) is 11.8 Å². The van der Waals surface area contributed by atoms with E-state index in [0.717, 1.165) is 11.1 Å². The van der Waals surface area contributed by atoms with Gasteiger partial charge >= 0.3 is 0 Å². The number of amides is 2. The fourth-order valence-corrected chi connectivity index (χ4v) is 2.70. The second-order valence-electron chi connectivity index (χ2n) is 5.57. The van der Waals surface area contributed by atoms with Crippen molar-refractivity contribution in [2.24, 2.45) is 0 Å². The molecule has 0 radical (unpaired) electrons. The lowest BCUT2D eigenvalue weighted by Crippen LogP contribution is -2.49. The number of ether oxygens (including phenoxy) is 1. The molecule has 27 heavy (non-hydrogen) atoms. The van der Waals surface area contributed by atoms with E-state index >= 15 is 0 Å². The number of hydrogen-bond acceptors (Lipinski definition) is 4. The zero-order chi connectivity index (χ0) is 20.0. The van der Waals surface area contributed by atoms with Crippen LogP contribution < -0.4 is 20.9 Å². The van der Waals surface area contributed by atoms with Crippen molar-refractivity contribution in [2.45, 2.75) is 13.8 Å². The zero-order valence-corrected chi connectivity index (χ0v) is 16.9. The summed E-state index contributed by atoms with van der Waals surface area (Å²) in [5, 5.41) is 2.91. The normalized spacial score (nSPS) is 10.1. The second kappa shape index (κ2) is 9.55. The molecule has 2 amide bonds. The van der Waals surface area contributed by atoms with Gasteiger partial charge in [0.05, 0.1) is 10.6 Å². The van der Waals surface area contributed by atoms with Crippen molar-refractivity contribution in [1.29, 1.82) is 0 Å². The fourth-order valence-electron chi connectivity index (χ4n) is 2.06. The molecule has 0 bridgehead atoms. The van der Waals surface area contributed by atoms with Crippen LogP contribution in [0.3, 0.4) is 0 Å². The van der Waals surface area contributed by atoms with Crippen LogP contribution in [0.2, 0.25) is 10.0 Å². The maximum Gasteiger partial charge on any atom is 0.276 e. The first-order valence-electron chi connectivity index (χ1n) is 7.82. The molecule has 0 spiro atoms. The van der Waals surface area contributed by atoms with E-state index in [4.69, 9.17) is 40.2 Å². The maximum atomic E-state index is 12.1. The molecule has 2 rings (SSSR count). The fraction of sp³-hybridized carbons (Fsp3) is 0.167. The summed E-state index contributed by atoms with van der Waals surface area (Å²) in [6.07, 6.45) is 0. The van der Waals surface area contributed by atoms with E-state index in [9.17, 15) is 9.59 Å². The Balaban J connectivity index is 1.80. The summed E-state index contributed by atoms with van der Waals surface area (Å²) in [5.41, 5.74) is 7.00. The van der Waals surface area contributed by atoms with Gasteiger partial charge in [0, 0.05) is 5.02 Å². The number of rotatable bonds is 4. The molecule has 0 saturated carbocycles. The Kier molecular flexibility index (Phi) is 7.41. The molecule has 6 nitrogen and oxygen atoms in total. The van der Waals surface area contributed by atoms with Gasteiger partial charge in [0.2, 0.25) is 0 Å². The molecule has 3 N–H and O–H groups in total. The number of thiocarbonyl (C=S) groups is 1. The smallest absolute Gasteiger partial charge is 0.276 e. The van der Waals surface area contributed by atoms with Gasteiger partial charge in [-0.05, 0) is 61.5 Å². The summed E-state index contributed by atoms with van der Waals surface area (Å²) >= 11 is 16.7. The number of hydrazine groups is 1. The Morgan fingerprint density at radius 1 is 1.11 bits per heavy atom. The van der Waals surface area contributed by atoms with Crippen molar-refractivity contribution < 1.29 is 14.3 Å². The summed E-state index contributed by atoms with van der Waals surface area (Å²) < 4.78 is 5.48. The van der Waals surface area contributed by atoms with Gasteiger partial charge < -0.3 is 4.74 Å². The number of aryl methyl sites for hydroxylation is 1. The summed E-state index contributed by atoms with van der Waals surface area (Å²) in [4.78, 5) is 24.0. The molecule has 2 aromatic rings. The van der Waals surface area contributed by atoms with Crippen LogP contribution in [0.5, 0.6) is 5.75 Å². The third kappa shape index (κ3) is 6.09. The molecule has 0 heterocycles. The number of benzene rings is 2. The van der Waals surface area contributed by atoms with Crippen molar-refractivity contribution in [3.8, 4) is 5.75 Å². The van der Waals surface area contributed by atoms with Gasteiger partial charge in [-0.25, -0.2) is 0 Å². The predicted octanol–water partition coefficient (Wildman–Crippen LogP) is 3.32.